The van der Waals surface area contributed by atoms with Crippen LogP contribution in [0.2, 0.25) is 0 Å². The molecule has 0 bridgehead atoms. The molecule has 5 rings (SSSR count). The van der Waals surface area contributed by atoms with Crippen molar-refractivity contribution in [1.29, 1.82) is 0 Å². The molecule has 6 atom stereocenters. The van der Waals surface area contributed by atoms with Crippen LogP contribution in [0.1, 0.15) is 147 Å². The summed E-state index contributed by atoms with van der Waals surface area (Å²) in [6.45, 7) is 32.7. The Hall–Kier alpha value is -2.13. The summed E-state index contributed by atoms with van der Waals surface area (Å²) >= 11 is 0. The Morgan fingerprint density at radius 2 is 1.38 bits per heavy atom. The Bertz CT molecular complexity index is 1170. The van der Waals surface area contributed by atoms with Gasteiger partial charge in [-0.3, -0.25) is 0 Å². The number of nitrogens with one attached hydrogen (secondary N) is 2. The van der Waals surface area contributed by atoms with Crippen molar-refractivity contribution in [3.05, 3.63) is 72.0 Å². The van der Waals surface area contributed by atoms with Gasteiger partial charge in [-0.2, -0.15) is 0 Å². The first-order chi connectivity index (χ1) is 22.0. The lowest BCUT2D eigenvalue weighted by Gasteiger charge is -2.54. The van der Waals surface area contributed by atoms with Crippen molar-refractivity contribution >= 4 is 5.71 Å². The van der Waals surface area contributed by atoms with Crippen molar-refractivity contribution in [3.63, 3.8) is 0 Å². The monoisotopic (exact) mass is 649 g/mol. The van der Waals surface area contributed by atoms with Crippen molar-refractivity contribution in [3.8, 4) is 0 Å². The van der Waals surface area contributed by atoms with Crippen molar-refractivity contribution in [2.45, 2.75) is 153 Å². The van der Waals surface area contributed by atoms with E-state index in [2.05, 4.69) is 116 Å². The summed E-state index contributed by atoms with van der Waals surface area (Å²) < 4.78 is 2.62. The van der Waals surface area contributed by atoms with Gasteiger partial charge < -0.3 is 5.43 Å². The zero-order chi connectivity index (χ0) is 34.8. The maximum Gasteiger partial charge on any atom is 0.158 e. The number of hydrazine groups is 1. The lowest BCUT2D eigenvalue weighted by molar-refractivity contribution is -0.471. The highest BCUT2D eigenvalue weighted by atomic mass is 15.4. The Labute approximate surface area is 293 Å². The molecule has 2 saturated carbocycles. The summed E-state index contributed by atoms with van der Waals surface area (Å²) in [6, 6.07) is 0.444. The van der Waals surface area contributed by atoms with E-state index in [1.165, 1.54) is 81.9 Å². The first-order valence-electron chi connectivity index (χ1n) is 18.8. The van der Waals surface area contributed by atoms with Gasteiger partial charge in [-0.1, -0.05) is 70.8 Å². The molecule has 0 heterocycles. The highest BCUT2D eigenvalue weighted by Crippen LogP contribution is 2.60. The molecule has 2 fully saturated rings. The second kappa shape index (κ2) is 19.2. The van der Waals surface area contributed by atoms with Crippen LogP contribution in [0.5, 0.6) is 0 Å². The largest absolute Gasteiger partial charge is 0.325 e. The van der Waals surface area contributed by atoms with Gasteiger partial charge in [-0.05, 0) is 139 Å². The lowest BCUT2D eigenvalue weighted by Crippen LogP contribution is -2.51. The van der Waals surface area contributed by atoms with Crippen molar-refractivity contribution in [2.24, 2.45) is 34.5 Å². The molecular formula is C44H78N3+. The van der Waals surface area contributed by atoms with Gasteiger partial charge in [0, 0.05) is 23.6 Å². The molecule has 0 amide bonds. The fourth-order valence-corrected chi connectivity index (χ4v) is 10.2. The van der Waals surface area contributed by atoms with Crippen LogP contribution in [0, 0.1) is 34.5 Å². The third kappa shape index (κ3) is 9.11. The first-order valence-corrected chi connectivity index (χ1v) is 18.8. The van der Waals surface area contributed by atoms with Crippen molar-refractivity contribution < 1.29 is 4.58 Å². The zero-order valence-corrected chi connectivity index (χ0v) is 32.3. The quantitative estimate of drug-likeness (QED) is 0.130. The molecule has 6 unspecified atom stereocenters. The molecule has 0 saturated heterocycles. The number of hydrogen-bond donors (Lipinski definition) is 2. The Morgan fingerprint density at radius 3 is 1.91 bits per heavy atom. The Balaban J connectivity index is 0.00000149. The zero-order valence-electron chi connectivity index (χ0n) is 32.3. The normalized spacial score (nSPS) is 30.9. The van der Waals surface area contributed by atoms with Crippen molar-refractivity contribution in [2.75, 3.05) is 14.1 Å². The summed E-state index contributed by atoms with van der Waals surface area (Å²) in [5.41, 5.74) is 19.2. The van der Waals surface area contributed by atoms with Crippen LogP contribution < -0.4 is 10.9 Å². The minimum absolute atomic E-state index is 0. The van der Waals surface area contributed by atoms with Crippen LogP contribution in [0.15, 0.2) is 72.0 Å². The van der Waals surface area contributed by atoms with E-state index in [9.17, 15) is 0 Å². The Kier molecular flexibility index (Phi) is 17.5. The minimum Gasteiger partial charge on any atom is -0.325 e. The van der Waals surface area contributed by atoms with Gasteiger partial charge >= 0.3 is 0 Å². The maximum atomic E-state index is 3.58. The van der Waals surface area contributed by atoms with Gasteiger partial charge in [0.25, 0.3) is 0 Å². The van der Waals surface area contributed by atoms with Crippen LogP contribution in [0.3, 0.4) is 0 Å². The highest BCUT2D eigenvalue weighted by molar-refractivity contribution is 5.86. The molecule has 0 radical (unpaired) electrons. The lowest BCUT2D eigenvalue weighted by atomic mass is 9.49. The third-order valence-electron chi connectivity index (χ3n) is 11.9. The van der Waals surface area contributed by atoms with Crippen LogP contribution in [-0.2, 0) is 0 Å². The highest BCUT2D eigenvalue weighted by Gasteiger charge is 2.55. The SMILES string of the molecule is C.C=C.C=C.CC.CC(C)=CC1=C(C)CCC2C(C(C3CCCC4(C)C5=C(CCC(NNC(C)C)=C5)CCC34)=[N+](C)C)CCCC12C. The molecule has 0 aromatic rings. The summed E-state index contributed by atoms with van der Waals surface area (Å²) in [6.07, 6.45) is 21.1. The molecule has 0 aromatic carbocycles. The van der Waals surface area contributed by atoms with Gasteiger partial charge in [-0.15, -0.1) is 26.3 Å². The predicted octanol–water partition coefficient (Wildman–Crippen LogP) is 12.2. The van der Waals surface area contributed by atoms with E-state index in [4.69, 9.17) is 0 Å². The standard InChI is InChI=1S/C37H60N3.C2H6.2C2H4.CH4/c1-24(2)22-33-26(5)14-18-31-29(12-10-20-36(31,33)6)35(40(8)9)30-13-11-21-37(7)32(30)19-16-27-15-17-28(23-34(27)37)39-38-25(3)4;3*1-2;/h22-23,25,29-32,38-39H,10-21H2,1-9H3;1-2H3;2*1-2H2;1H4/q+1;;;;. The number of rotatable bonds is 6. The molecule has 0 aliphatic heterocycles. The minimum atomic E-state index is 0. The fourth-order valence-electron chi connectivity index (χ4n) is 10.2. The van der Waals surface area contributed by atoms with E-state index < -0.39 is 0 Å². The molecular weight excluding hydrogens is 571 g/mol. The second-order valence-electron chi connectivity index (χ2n) is 15.5. The summed E-state index contributed by atoms with van der Waals surface area (Å²) in [7, 11) is 4.78. The second-order valence-corrected chi connectivity index (χ2v) is 15.5. The maximum absolute atomic E-state index is 3.58. The van der Waals surface area contributed by atoms with Gasteiger partial charge in [0.15, 0.2) is 5.71 Å². The summed E-state index contributed by atoms with van der Waals surface area (Å²) in [4.78, 5) is 0. The summed E-state index contributed by atoms with van der Waals surface area (Å²) in [5.74, 6) is 2.97. The molecule has 3 heteroatoms. The number of nitrogens with zero attached hydrogens (tertiary/aromatic N) is 1. The van der Waals surface area contributed by atoms with Gasteiger partial charge in [-0.25, -0.2) is 10.0 Å². The van der Waals surface area contributed by atoms with Crippen molar-refractivity contribution in [1.82, 2.24) is 10.9 Å². The molecule has 268 valence electrons. The molecule has 0 aromatic heterocycles. The smallest absolute Gasteiger partial charge is 0.158 e. The number of allylic oxidation sites excluding steroid dienone is 8. The molecule has 2 N–H and O–H groups in total. The predicted molar refractivity (Wildman–Crippen MR) is 212 cm³/mol. The average molecular weight is 649 g/mol. The molecule has 5 aliphatic carbocycles. The van der Waals surface area contributed by atoms with Gasteiger partial charge in [0.05, 0.1) is 0 Å². The van der Waals surface area contributed by atoms with E-state index in [1.807, 2.05) is 19.6 Å². The molecule has 5 aliphatic rings. The number of fused-ring (bicyclic) bond motifs is 3. The third-order valence-corrected chi connectivity index (χ3v) is 11.9. The van der Waals surface area contributed by atoms with E-state index in [1.54, 1.807) is 22.3 Å². The first kappa shape index (κ1) is 42.9. The van der Waals surface area contributed by atoms with E-state index >= 15 is 0 Å². The van der Waals surface area contributed by atoms with Crippen LogP contribution in [0.4, 0.5) is 0 Å². The molecule has 3 nitrogen and oxygen atoms in total. The van der Waals surface area contributed by atoms with Gasteiger partial charge in [0.2, 0.25) is 0 Å². The Morgan fingerprint density at radius 1 is 0.851 bits per heavy atom. The summed E-state index contributed by atoms with van der Waals surface area (Å²) in [5, 5.41) is 0. The van der Waals surface area contributed by atoms with E-state index in [0.717, 1.165) is 30.1 Å². The van der Waals surface area contributed by atoms with Crippen LogP contribution >= 0.6 is 0 Å². The van der Waals surface area contributed by atoms with Gasteiger partial charge in [0.1, 0.15) is 14.1 Å². The molecule has 47 heavy (non-hydrogen) atoms. The number of hydrogen-bond acceptors (Lipinski definition) is 2. The van der Waals surface area contributed by atoms with E-state index in [0.29, 0.717) is 16.9 Å². The topological polar surface area (TPSA) is 27.1 Å². The van der Waals surface area contributed by atoms with Crippen LogP contribution in [0.25, 0.3) is 0 Å². The average Bonchev–Trinajstić information content (AvgIpc) is 3.04. The van der Waals surface area contributed by atoms with E-state index in [-0.39, 0.29) is 7.43 Å². The van der Waals surface area contributed by atoms with Crippen LogP contribution in [-0.4, -0.2) is 30.4 Å². The molecule has 0 spiro atoms. The fraction of sp³-hybridized carbons (Fsp3) is 0.705.